The van der Waals surface area contributed by atoms with Gasteiger partial charge in [0.15, 0.2) is 0 Å². The predicted molar refractivity (Wildman–Crippen MR) is 57.7 cm³/mol. The van der Waals surface area contributed by atoms with Crippen LogP contribution in [0.4, 0.5) is 8.78 Å². The van der Waals surface area contributed by atoms with E-state index < -0.39 is 11.6 Å². The molecule has 1 aromatic carbocycles. The van der Waals surface area contributed by atoms with Gasteiger partial charge in [0.05, 0.1) is 0 Å². The number of rotatable bonds is 4. The molecule has 1 nitrogen and oxygen atoms in total. The molecule has 0 aromatic heterocycles. The van der Waals surface area contributed by atoms with Crippen molar-refractivity contribution in [2.45, 2.75) is 38.6 Å². The van der Waals surface area contributed by atoms with Gasteiger partial charge >= 0.3 is 0 Å². The molecule has 0 bridgehead atoms. The zero-order chi connectivity index (χ0) is 11.4. The topological polar surface area (TPSA) is 26.0 Å². The Morgan fingerprint density at radius 1 is 1.33 bits per heavy atom. The van der Waals surface area contributed by atoms with Crippen LogP contribution >= 0.6 is 0 Å². The minimum absolute atomic E-state index is 0.0741. The lowest BCUT2D eigenvalue weighted by Gasteiger charge is -2.20. The van der Waals surface area contributed by atoms with Gasteiger partial charge in [-0.05, 0) is 24.0 Å². The average molecular weight is 213 g/mol. The Morgan fingerprint density at radius 2 is 2.00 bits per heavy atom. The van der Waals surface area contributed by atoms with Gasteiger partial charge in [0, 0.05) is 12.1 Å². The molecule has 3 heteroatoms. The molecule has 0 aliphatic heterocycles. The molecule has 0 fully saturated rings. The van der Waals surface area contributed by atoms with Crippen molar-refractivity contribution in [3.8, 4) is 0 Å². The lowest BCUT2D eigenvalue weighted by Crippen LogP contribution is -2.27. The van der Waals surface area contributed by atoms with Crippen molar-refractivity contribution < 1.29 is 8.78 Å². The molecule has 0 amide bonds. The van der Waals surface area contributed by atoms with Crippen molar-refractivity contribution in [2.75, 3.05) is 0 Å². The third-order valence-corrected chi connectivity index (χ3v) is 2.72. The molecule has 2 atom stereocenters. The van der Waals surface area contributed by atoms with Gasteiger partial charge in [0.1, 0.15) is 11.6 Å². The first-order valence-corrected chi connectivity index (χ1v) is 5.26. The number of hydrogen-bond donors (Lipinski definition) is 1. The van der Waals surface area contributed by atoms with Gasteiger partial charge in [-0.1, -0.05) is 26.3 Å². The van der Waals surface area contributed by atoms with Crippen molar-refractivity contribution in [1.29, 1.82) is 0 Å². The summed E-state index contributed by atoms with van der Waals surface area (Å²) < 4.78 is 26.1. The summed E-state index contributed by atoms with van der Waals surface area (Å²) in [6.07, 6.45) is 1.81. The fraction of sp³-hybridized carbons (Fsp3) is 0.500. The molecule has 0 spiro atoms. The largest absolute Gasteiger partial charge is 0.327 e. The molecule has 0 radical (unpaired) electrons. The third-order valence-electron chi connectivity index (χ3n) is 2.72. The van der Waals surface area contributed by atoms with E-state index in [0.29, 0.717) is 5.56 Å². The number of nitrogens with two attached hydrogens (primary N) is 1. The highest BCUT2D eigenvalue weighted by Gasteiger charge is 2.17. The number of halogens is 2. The molecule has 0 saturated heterocycles. The van der Waals surface area contributed by atoms with Crippen LogP contribution in [0.2, 0.25) is 0 Å². The second-order valence-electron chi connectivity index (χ2n) is 3.91. The van der Waals surface area contributed by atoms with Crippen molar-refractivity contribution in [1.82, 2.24) is 0 Å². The maximum absolute atomic E-state index is 13.4. The summed E-state index contributed by atoms with van der Waals surface area (Å²) in [7, 11) is 0. The number of benzene rings is 1. The van der Waals surface area contributed by atoms with Crippen LogP contribution < -0.4 is 5.73 Å². The lowest BCUT2D eigenvalue weighted by molar-refractivity contribution is 0.492. The molecular weight excluding hydrogens is 196 g/mol. The Hall–Kier alpha value is -0.960. The van der Waals surface area contributed by atoms with Gasteiger partial charge in [-0.25, -0.2) is 8.78 Å². The fourth-order valence-corrected chi connectivity index (χ4v) is 1.68. The van der Waals surface area contributed by atoms with Crippen LogP contribution in [-0.2, 0) is 0 Å². The Bertz CT molecular complexity index is 325. The first-order valence-electron chi connectivity index (χ1n) is 5.26. The molecule has 2 unspecified atom stereocenters. The van der Waals surface area contributed by atoms with E-state index in [1.165, 1.54) is 12.1 Å². The van der Waals surface area contributed by atoms with E-state index in [2.05, 4.69) is 0 Å². The molecule has 0 aliphatic rings. The SMILES string of the molecule is CCCC(N)C(C)c1ccc(F)cc1F. The summed E-state index contributed by atoms with van der Waals surface area (Å²) in [5.41, 5.74) is 6.40. The lowest BCUT2D eigenvalue weighted by atomic mass is 9.91. The van der Waals surface area contributed by atoms with Crippen molar-refractivity contribution in [3.63, 3.8) is 0 Å². The smallest absolute Gasteiger partial charge is 0.129 e. The number of hydrogen-bond acceptors (Lipinski definition) is 1. The molecule has 0 heterocycles. The van der Waals surface area contributed by atoms with Crippen LogP contribution in [0.5, 0.6) is 0 Å². The third kappa shape index (κ3) is 2.99. The van der Waals surface area contributed by atoms with Gasteiger partial charge in [0.25, 0.3) is 0 Å². The van der Waals surface area contributed by atoms with Crippen molar-refractivity contribution >= 4 is 0 Å². The Labute approximate surface area is 89.3 Å². The maximum atomic E-state index is 13.4. The van der Waals surface area contributed by atoms with Crippen LogP contribution in [0.15, 0.2) is 18.2 Å². The first kappa shape index (κ1) is 12.1. The van der Waals surface area contributed by atoms with Gasteiger partial charge in [-0.2, -0.15) is 0 Å². The normalized spacial score (nSPS) is 15.0. The second-order valence-corrected chi connectivity index (χ2v) is 3.91. The first-order chi connectivity index (χ1) is 7.06. The van der Waals surface area contributed by atoms with E-state index in [-0.39, 0.29) is 12.0 Å². The van der Waals surface area contributed by atoms with Gasteiger partial charge in [-0.3, -0.25) is 0 Å². The van der Waals surface area contributed by atoms with E-state index >= 15 is 0 Å². The summed E-state index contributed by atoms with van der Waals surface area (Å²) in [6.45, 7) is 3.91. The van der Waals surface area contributed by atoms with Crippen LogP contribution in [0, 0.1) is 11.6 Å². The van der Waals surface area contributed by atoms with Crippen molar-refractivity contribution in [2.24, 2.45) is 5.73 Å². The van der Waals surface area contributed by atoms with E-state index in [9.17, 15) is 8.78 Å². The predicted octanol–water partition coefficient (Wildman–Crippen LogP) is 3.20. The molecule has 15 heavy (non-hydrogen) atoms. The molecular formula is C12H17F2N. The van der Waals surface area contributed by atoms with E-state index in [1.807, 2.05) is 13.8 Å². The zero-order valence-electron chi connectivity index (χ0n) is 9.13. The standard InChI is InChI=1S/C12H17F2N/c1-3-4-12(15)8(2)10-6-5-9(13)7-11(10)14/h5-8,12H,3-4,15H2,1-2H3. The summed E-state index contributed by atoms with van der Waals surface area (Å²) in [5, 5.41) is 0. The quantitative estimate of drug-likeness (QED) is 0.816. The molecule has 1 aromatic rings. The molecule has 0 saturated carbocycles. The molecule has 2 N–H and O–H groups in total. The van der Waals surface area contributed by atoms with E-state index in [0.717, 1.165) is 18.9 Å². The molecule has 84 valence electrons. The minimum Gasteiger partial charge on any atom is -0.327 e. The monoisotopic (exact) mass is 213 g/mol. The summed E-state index contributed by atoms with van der Waals surface area (Å²) in [4.78, 5) is 0. The Morgan fingerprint density at radius 3 is 2.53 bits per heavy atom. The van der Waals surface area contributed by atoms with Crippen LogP contribution in [0.3, 0.4) is 0 Å². The van der Waals surface area contributed by atoms with Crippen LogP contribution in [-0.4, -0.2) is 6.04 Å². The maximum Gasteiger partial charge on any atom is 0.129 e. The van der Waals surface area contributed by atoms with Crippen molar-refractivity contribution in [3.05, 3.63) is 35.4 Å². The Balaban J connectivity index is 2.86. The highest BCUT2D eigenvalue weighted by atomic mass is 19.1. The van der Waals surface area contributed by atoms with E-state index in [4.69, 9.17) is 5.73 Å². The fourth-order valence-electron chi connectivity index (χ4n) is 1.68. The average Bonchev–Trinajstić information content (AvgIpc) is 2.17. The molecule has 0 aliphatic carbocycles. The molecule has 1 rings (SSSR count). The zero-order valence-corrected chi connectivity index (χ0v) is 9.13. The van der Waals surface area contributed by atoms with Crippen LogP contribution in [0.1, 0.15) is 38.2 Å². The summed E-state index contributed by atoms with van der Waals surface area (Å²) in [6, 6.07) is 3.58. The van der Waals surface area contributed by atoms with Gasteiger partial charge < -0.3 is 5.73 Å². The summed E-state index contributed by atoms with van der Waals surface area (Å²) >= 11 is 0. The minimum atomic E-state index is -0.549. The van der Waals surface area contributed by atoms with Gasteiger partial charge in [-0.15, -0.1) is 0 Å². The highest BCUT2D eigenvalue weighted by Crippen LogP contribution is 2.23. The van der Waals surface area contributed by atoms with Crippen LogP contribution in [0.25, 0.3) is 0 Å². The van der Waals surface area contributed by atoms with Gasteiger partial charge in [0.2, 0.25) is 0 Å². The second kappa shape index (κ2) is 5.21. The summed E-state index contributed by atoms with van der Waals surface area (Å²) in [5.74, 6) is -1.13. The Kier molecular flexibility index (Phi) is 4.21. The van der Waals surface area contributed by atoms with E-state index in [1.54, 1.807) is 0 Å². The highest BCUT2D eigenvalue weighted by molar-refractivity contribution is 5.23.